The highest BCUT2D eigenvalue weighted by Gasteiger charge is 2.58. The Bertz CT molecular complexity index is 1140. The second-order valence-corrected chi connectivity index (χ2v) is 11.9. The molecule has 0 aliphatic carbocycles. The summed E-state index contributed by atoms with van der Waals surface area (Å²) in [6.07, 6.45) is 10.3. The lowest BCUT2D eigenvalue weighted by Crippen LogP contribution is -2.54. The van der Waals surface area contributed by atoms with Gasteiger partial charge in [-0.3, -0.25) is 23.9 Å². The van der Waals surface area contributed by atoms with Crippen LogP contribution in [0.5, 0.6) is 0 Å². The summed E-state index contributed by atoms with van der Waals surface area (Å²) in [7, 11) is 0. The van der Waals surface area contributed by atoms with Crippen molar-refractivity contribution in [2.45, 2.75) is 146 Å². The molecule has 0 saturated carbocycles. The van der Waals surface area contributed by atoms with E-state index in [2.05, 4.69) is 17.2 Å². The van der Waals surface area contributed by atoms with Gasteiger partial charge in [-0.1, -0.05) is 84.0 Å². The minimum Gasteiger partial charge on any atom is -0.387 e. The number of unbranched alkanes of at least 4 members (excludes halogenated alkanes) is 12. The minimum atomic E-state index is -1.53. The average molecular weight is 593 g/mol. The highest BCUT2D eigenvalue weighted by molar-refractivity contribution is 5.89. The van der Waals surface area contributed by atoms with E-state index in [1.54, 1.807) is 0 Å². The fourth-order valence-corrected chi connectivity index (χ4v) is 6.38. The van der Waals surface area contributed by atoms with Crippen molar-refractivity contribution >= 4 is 11.8 Å². The Hall–Kier alpha value is -2.54. The lowest BCUT2D eigenvalue weighted by Gasteiger charge is -2.28. The molecule has 4 heterocycles. The first-order valence-corrected chi connectivity index (χ1v) is 15.9. The lowest BCUT2D eigenvalue weighted by atomic mass is 9.98. The molecule has 3 fully saturated rings. The molecule has 1 aromatic rings. The van der Waals surface area contributed by atoms with E-state index in [4.69, 9.17) is 9.47 Å². The van der Waals surface area contributed by atoms with Crippen molar-refractivity contribution in [1.29, 1.82) is 0 Å². The van der Waals surface area contributed by atoms with Gasteiger partial charge in [0, 0.05) is 31.6 Å². The van der Waals surface area contributed by atoms with Crippen molar-refractivity contribution in [2.75, 3.05) is 6.54 Å². The number of aromatic amines is 1. The largest absolute Gasteiger partial charge is 0.387 e. The third kappa shape index (κ3) is 7.89. The number of hydrogen-bond donors (Lipinski definition) is 4. The molecule has 12 heteroatoms. The predicted molar refractivity (Wildman–Crippen MR) is 154 cm³/mol. The quantitative estimate of drug-likeness (QED) is 0.212. The molecule has 0 aromatic carbocycles. The number of ether oxygens (including phenoxy) is 2. The third-order valence-electron chi connectivity index (χ3n) is 8.70. The van der Waals surface area contributed by atoms with Gasteiger partial charge in [0.25, 0.3) is 5.56 Å². The number of aliphatic hydroxyl groups excluding tert-OH is 2. The predicted octanol–water partition coefficient (Wildman–Crippen LogP) is 2.08. The molecule has 42 heavy (non-hydrogen) atoms. The first-order chi connectivity index (χ1) is 20.3. The van der Waals surface area contributed by atoms with E-state index in [0.29, 0.717) is 19.4 Å². The Kier molecular flexibility index (Phi) is 12.2. The Morgan fingerprint density at radius 1 is 0.881 bits per heavy atom. The molecule has 3 saturated heterocycles. The SMILES string of the molecule is CCCCCCCCCCCCCCCC(=O)N1[C@@H]2CCNC(=O)[C@H]1[C@@H]([C@H]1O[C@@H](n3ccc(=O)[nH]c3=O)[C@H](O)[C@@H]1O)O2. The first-order valence-electron chi connectivity index (χ1n) is 15.9. The summed E-state index contributed by atoms with van der Waals surface area (Å²) in [5.74, 6) is -0.595. The number of aliphatic hydroxyl groups is 2. The molecule has 1 aromatic heterocycles. The van der Waals surface area contributed by atoms with Crippen LogP contribution >= 0.6 is 0 Å². The summed E-state index contributed by atoms with van der Waals surface area (Å²) >= 11 is 0. The molecule has 0 unspecified atom stereocenters. The molecule has 12 nitrogen and oxygen atoms in total. The highest BCUT2D eigenvalue weighted by atomic mass is 16.6. The molecule has 2 bridgehead atoms. The zero-order chi connectivity index (χ0) is 30.1. The minimum absolute atomic E-state index is 0.186. The Morgan fingerprint density at radius 3 is 2.12 bits per heavy atom. The standard InChI is InChI=1S/C30H48N4O8/c1-2-3-4-5-6-7-8-9-10-11-12-13-14-15-21(36)34-22-16-18-31-28(39)23(34)26(41-22)27-24(37)25(38)29(42-27)33-19-17-20(35)32-30(33)40/h17,19,22-27,29,37-38H,2-16,18H2,1H3,(H,31,39)(H,32,35,40)/t22-,23+,24-,25+,26-,27-,29+/m0/s1. The molecular weight excluding hydrogens is 544 g/mol. The van der Waals surface area contributed by atoms with E-state index in [-0.39, 0.29) is 5.91 Å². The molecular formula is C30H48N4O8. The van der Waals surface area contributed by atoms with Gasteiger partial charge in [0.15, 0.2) is 6.23 Å². The first kappa shape index (κ1) is 32.4. The number of carbonyl (C=O) groups excluding carboxylic acids is 2. The number of hydrogen-bond acceptors (Lipinski definition) is 8. The van der Waals surface area contributed by atoms with Crippen molar-refractivity contribution < 1.29 is 29.3 Å². The van der Waals surface area contributed by atoms with E-state index in [9.17, 15) is 29.4 Å². The molecule has 3 aliphatic rings. The summed E-state index contributed by atoms with van der Waals surface area (Å²) in [6.45, 7) is 2.59. The summed E-state index contributed by atoms with van der Waals surface area (Å²) in [6, 6.07) is 0.0648. The zero-order valence-corrected chi connectivity index (χ0v) is 24.7. The molecule has 4 N–H and O–H groups in total. The average Bonchev–Trinajstić information content (AvgIpc) is 3.42. The molecule has 0 spiro atoms. The van der Waals surface area contributed by atoms with Crippen molar-refractivity contribution in [3.05, 3.63) is 33.1 Å². The van der Waals surface area contributed by atoms with E-state index < -0.39 is 60.1 Å². The van der Waals surface area contributed by atoms with E-state index >= 15 is 0 Å². The lowest BCUT2D eigenvalue weighted by molar-refractivity contribution is -0.141. The van der Waals surface area contributed by atoms with Crippen LogP contribution in [0.4, 0.5) is 0 Å². The van der Waals surface area contributed by atoms with E-state index in [0.717, 1.165) is 36.3 Å². The van der Waals surface area contributed by atoms with Crippen molar-refractivity contribution in [3.8, 4) is 0 Å². The second-order valence-electron chi connectivity index (χ2n) is 11.9. The Morgan fingerprint density at radius 2 is 1.50 bits per heavy atom. The van der Waals surface area contributed by atoms with Gasteiger partial charge >= 0.3 is 5.69 Å². The van der Waals surface area contributed by atoms with Crippen LogP contribution in [0.15, 0.2) is 21.9 Å². The maximum Gasteiger partial charge on any atom is 0.330 e. The van der Waals surface area contributed by atoms with Gasteiger partial charge < -0.3 is 29.9 Å². The molecule has 0 radical (unpaired) electrons. The topological polar surface area (TPSA) is 163 Å². The van der Waals surface area contributed by atoms with Crippen LogP contribution in [0.2, 0.25) is 0 Å². The smallest absolute Gasteiger partial charge is 0.330 e. The van der Waals surface area contributed by atoms with Crippen LogP contribution < -0.4 is 16.6 Å². The number of aromatic nitrogens is 2. The Balaban J connectivity index is 1.26. The summed E-state index contributed by atoms with van der Waals surface area (Å²) in [4.78, 5) is 53.8. The van der Waals surface area contributed by atoms with Crippen LogP contribution in [0.3, 0.4) is 0 Å². The van der Waals surface area contributed by atoms with Crippen LogP contribution in [0, 0.1) is 0 Å². The fraction of sp³-hybridized carbons (Fsp3) is 0.800. The zero-order valence-electron chi connectivity index (χ0n) is 24.7. The Labute approximate surface area is 246 Å². The number of nitrogens with one attached hydrogen (secondary N) is 2. The number of nitrogens with zero attached hydrogens (tertiary/aromatic N) is 2. The number of amides is 2. The molecule has 236 valence electrons. The molecule has 7 atom stereocenters. The van der Waals surface area contributed by atoms with Crippen molar-refractivity contribution in [3.63, 3.8) is 0 Å². The van der Waals surface area contributed by atoms with Gasteiger partial charge in [-0.25, -0.2) is 4.79 Å². The normalized spacial score (nSPS) is 29.1. The summed E-state index contributed by atoms with van der Waals surface area (Å²) < 4.78 is 13.0. The van der Waals surface area contributed by atoms with Crippen LogP contribution in [-0.2, 0) is 19.1 Å². The summed E-state index contributed by atoms with van der Waals surface area (Å²) in [5, 5.41) is 24.4. The van der Waals surface area contributed by atoms with Gasteiger partial charge in [0.2, 0.25) is 11.8 Å². The maximum atomic E-state index is 13.4. The van der Waals surface area contributed by atoms with Gasteiger partial charge in [-0.05, 0) is 6.42 Å². The van der Waals surface area contributed by atoms with Crippen LogP contribution in [0.1, 0.15) is 109 Å². The number of rotatable bonds is 16. The molecule has 4 rings (SSSR count). The monoisotopic (exact) mass is 592 g/mol. The number of carbonyl (C=O) groups is 2. The van der Waals surface area contributed by atoms with Crippen molar-refractivity contribution in [2.24, 2.45) is 0 Å². The van der Waals surface area contributed by atoms with E-state index in [1.807, 2.05) is 0 Å². The van der Waals surface area contributed by atoms with Crippen LogP contribution in [-0.4, -0.2) is 79.7 Å². The third-order valence-corrected chi connectivity index (χ3v) is 8.70. The summed E-state index contributed by atoms with van der Waals surface area (Å²) in [5.41, 5.74) is -1.42. The number of H-pyrrole nitrogens is 1. The van der Waals surface area contributed by atoms with E-state index in [1.165, 1.54) is 68.9 Å². The van der Waals surface area contributed by atoms with Gasteiger partial charge in [-0.2, -0.15) is 0 Å². The highest BCUT2D eigenvalue weighted by Crippen LogP contribution is 2.38. The van der Waals surface area contributed by atoms with Gasteiger partial charge in [-0.15, -0.1) is 0 Å². The molecule has 2 amide bonds. The fourth-order valence-electron chi connectivity index (χ4n) is 6.38. The van der Waals surface area contributed by atoms with Gasteiger partial charge in [0.05, 0.1) is 0 Å². The van der Waals surface area contributed by atoms with Crippen LogP contribution in [0.25, 0.3) is 0 Å². The second kappa shape index (κ2) is 15.8. The maximum absolute atomic E-state index is 13.4. The molecule has 3 aliphatic heterocycles. The number of fused-ring (bicyclic) bond motifs is 2. The van der Waals surface area contributed by atoms with Crippen molar-refractivity contribution in [1.82, 2.24) is 19.8 Å². The van der Waals surface area contributed by atoms with Gasteiger partial charge in [0.1, 0.15) is 36.7 Å².